The quantitative estimate of drug-likeness (QED) is 0.433. The summed E-state index contributed by atoms with van der Waals surface area (Å²) in [6, 6.07) is 0. The molecule has 2 unspecified atom stereocenters. The van der Waals surface area contributed by atoms with E-state index in [4.69, 9.17) is 9.47 Å². The Labute approximate surface area is 60.3 Å². The van der Waals surface area contributed by atoms with Crippen molar-refractivity contribution in [3.05, 3.63) is 0 Å². The molecule has 1 aliphatic heterocycles. The van der Waals surface area contributed by atoms with Crippen LogP contribution in [0.25, 0.3) is 0 Å². The zero-order chi connectivity index (χ0) is 7.56. The van der Waals surface area contributed by atoms with Crippen LogP contribution in [0.5, 0.6) is 0 Å². The summed E-state index contributed by atoms with van der Waals surface area (Å²) >= 11 is 0. The molecule has 0 amide bonds. The Kier molecular flexibility index (Phi) is 2.27. The summed E-state index contributed by atoms with van der Waals surface area (Å²) < 4.78 is 9.72. The fourth-order valence-corrected chi connectivity index (χ4v) is 0.718. The molecule has 0 radical (unpaired) electrons. The molecular formula is C7H12O3. The Hall–Kier alpha value is -0.570. The number of ether oxygens (including phenoxy) is 2. The van der Waals surface area contributed by atoms with E-state index in [1.165, 1.54) is 0 Å². The lowest BCUT2D eigenvalue weighted by atomic mass is 10.3. The minimum Gasteiger partial charge on any atom is -0.464 e. The third-order valence-electron chi connectivity index (χ3n) is 1.39. The van der Waals surface area contributed by atoms with Gasteiger partial charge in [-0.2, -0.15) is 0 Å². The summed E-state index contributed by atoms with van der Waals surface area (Å²) in [5.41, 5.74) is 0. The first-order chi connectivity index (χ1) is 4.75. The van der Waals surface area contributed by atoms with Crippen LogP contribution < -0.4 is 0 Å². The second kappa shape index (κ2) is 3.01. The van der Waals surface area contributed by atoms with Crippen LogP contribution in [0.15, 0.2) is 0 Å². The van der Waals surface area contributed by atoms with E-state index in [1.807, 2.05) is 13.8 Å². The van der Waals surface area contributed by atoms with Gasteiger partial charge in [-0.25, -0.2) is 4.79 Å². The van der Waals surface area contributed by atoms with Gasteiger partial charge in [0.05, 0.1) is 12.7 Å². The van der Waals surface area contributed by atoms with Crippen LogP contribution in [-0.2, 0) is 14.3 Å². The smallest absolute Gasteiger partial charge is 0.337 e. The van der Waals surface area contributed by atoms with Crippen molar-refractivity contribution in [2.45, 2.75) is 32.5 Å². The van der Waals surface area contributed by atoms with Gasteiger partial charge in [-0.1, -0.05) is 6.92 Å². The topological polar surface area (TPSA) is 38.8 Å². The molecule has 1 rings (SSSR count). The lowest BCUT2D eigenvalue weighted by molar-refractivity contribution is -0.145. The summed E-state index contributed by atoms with van der Waals surface area (Å²) in [5, 5.41) is 0. The first-order valence-corrected chi connectivity index (χ1v) is 3.57. The van der Waals surface area contributed by atoms with Gasteiger partial charge in [0.15, 0.2) is 6.10 Å². The fraction of sp³-hybridized carbons (Fsp3) is 0.857. The summed E-state index contributed by atoms with van der Waals surface area (Å²) in [5.74, 6) is -0.214. The Bertz CT molecular complexity index is 133. The number of hydrogen-bond acceptors (Lipinski definition) is 3. The van der Waals surface area contributed by atoms with Crippen LogP contribution in [-0.4, -0.2) is 24.8 Å². The van der Waals surface area contributed by atoms with Crippen molar-refractivity contribution < 1.29 is 14.3 Å². The number of carbonyl (C=O) groups excluding carboxylic acids is 1. The largest absolute Gasteiger partial charge is 0.464 e. The number of epoxide rings is 1. The molecule has 1 heterocycles. The molecule has 58 valence electrons. The number of carbonyl (C=O) groups is 1. The van der Waals surface area contributed by atoms with Gasteiger partial charge in [-0.05, 0) is 13.3 Å². The predicted octanol–water partition coefficient (Wildman–Crippen LogP) is 0.727. The van der Waals surface area contributed by atoms with Crippen LogP contribution in [0.2, 0.25) is 0 Å². The molecule has 1 saturated heterocycles. The Morgan fingerprint density at radius 2 is 2.30 bits per heavy atom. The second-order valence-corrected chi connectivity index (χ2v) is 2.43. The van der Waals surface area contributed by atoms with E-state index < -0.39 is 0 Å². The minimum atomic E-state index is -0.272. The van der Waals surface area contributed by atoms with Gasteiger partial charge in [0.1, 0.15) is 0 Å². The summed E-state index contributed by atoms with van der Waals surface area (Å²) in [7, 11) is 0. The Morgan fingerprint density at radius 1 is 1.70 bits per heavy atom. The second-order valence-electron chi connectivity index (χ2n) is 2.43. The zero-order valence-electron chi connectivity index (χ0n) is 6.29. The monoisotopic (exact) mass is 144 g/mol. The van der Waals surface area contributed by atoms with Crippen LogP contribution >= 0.6 is 0 Å². The molecule has 0 aromatic rings. The summed E-state index contributed by atoms with van der Waals surface area (Å²) in [6.07, 6.45) is 0.670. The van der Waals surface area contributed by atoms with Gasteiger partial charge in [-0.3, -0.25) is 0 Å². The highest BCUT2D eigenvalue weighted by molar-refractivity contribution is 5.77. The Morgan fingerprint density at radius 3 is 2.70 bits per heavy atom. The number of hydrogen-bond donors (Lipinski definition) is 0. The van der Waals surface area contributed by atoms with Crippen molar-refractivity contribution in [2.24, 2.45) is 0 Å². The molecule has 0 N–H and O–H groups in total. The van der Waals surface area contributed by atoms with Gasteiger partial charge in [0.2, 0.25) is 0 Å². The molecule has 3 heteroatoms. The summed E-state index contributed by atoms with van der Waals surface area (Å²) in [4.78, 5) is 10.8. The van der Waals surface area contributed by atoms with Gasteiger partial charge in [0.25, 0.3) is 0 Å². The standard InChI is InChI=1S/C7H12O3/c1-3-4-9-7(8)6-5(2)10-6/h5-6H,3-4H2,1-2H3. The van der Waals surface area contributed by atoms with Crippen molar-refractivity contribution in [1.29, 1.82) is 0 Å². The average molecular weight is 144 g/mol. The van der Waals surface area contributed by atoms with E-state index in [-0.39, 0.29) is 18.2 Å². The maximum Gasteiger partial charge on any atom is 0.337 e. The maximum atomic E-state index is 10.8. The van der Waals surface area contributed by atoms with Crippen LogP contribution in [0.1, 0.15) is 20.3 Å². The fourth-order valence-electron chi connectivity index (χ4n) is 0.718. The van der Waals surface area contributed by atoms with Gasteiger partial charge >= 0.3 is 5.97 Å². The maximum absolute atomic E-state index is 10.8. The predicted molar refractivity (Wildman–Crippen MR) is 35.6 cm³/mol. The molecular weight excluding hydrogens is 132 g/mol. The lowest BCUT2D eigenvalue weighted by Gasteiger charge is -1.97. The molecule has 3 nitrogen and oxygen atoms in total. The first-order valence-electron chi connectivity index (χ1n) is 3.57. The molecule has 0 aromatic carbocycles. The van der Waals surface area contributed by atoms with E-state index in [0.717, 1.165) is 6.42 Å². The third-order valence-corrected chi connectivity index (χ3v) is 1.39. The number of rotatable bonds is 3. The van der Waals surface area contributed by atoms with Crippen molar-refractivity contribution in [1.82, 2.24) is 0 Å². The van der Waals surface area contributed by atoms with E-state index in [0.29, 0.717) is 6.61 Å². The van der Waals surface area contributed by atoms with Crippen molar-refractivity contribution in [3.63, 3.8) is 0 Å². The zero-order valence-corrected chi connectivity index (χ0v) is 6.29. The highest BCUT2D eigenvalue weighted by Crippen LogP contribution is 2.21. The normalized spacial score (nSPS) is 29.8. The first kappa shape index (κ1) is 7.54. The van der Waals surface area contributed by atoms with Crippen LogP contribution in [0.3, 0.4) is 0 Å². The lowest BCUT2D eigenvalue weighted by Crippen LogP contribution is -2.13. The van der Waals surface area contributed by atoms with E-state index in [2.05, 4.69) is 0 Å². The third kappa shape index (κ3) is 1.70. The highest BCUT2D eigenvalue weighted by atomic mass is 16.6. The number of esters is 1. The van der Waals surface area contributed by atoms with Crippen molar-refractivity contribution >= 4 is 5.97 Å². The van der Waals surface area contributed by atoms with E-state index in [1.54, 1.807) is 0 Å². The molecule has 0 aliphatic carbocycles. The van der Waals surface area contributed by atoms with Crippen LogP contribution in [0, 0.1) is 0 Å². The average Bonchev–Trinajstić information content (AvgIpc) is 2.62. The molecule has 0 aromatic heterocycles. The molecule has 0 bridgehead atoms. The van der Waals surface area contributed by atoms with E-state index >= 15 is 0 Å². The van der Waals surface area contributed by atoms with Gasteiger partial charge in [0, 0.05) is 0 Å². The molecule has 0 spiro atoms. The minimum absolute atomic E-state index is 0.0735. The Balaban J connectivity index is 2.11. The molecule has 1 fully saturated rings. The van der Waals surface area contributed by atoms with Crippen LogP contribution in [0.4, 0.5) is 0 Å². The molecule has 10 heavy (non-hydrogen) atoms. The van der Waals surface area contributed by atoms with E-state index in [9.17, 15) is 4.79 Å². The molecule has 1 aliphatic rings. The SMILES string of the molecule is CCCOC(=O)C1OC1C. The highest BCUT2D eigenvalue weighted by Gasteiger charge is 2.42. The summed E-state index contributed by atoms with van der Waals surface area (Å²) in [6.45, 7) is 4.33. The van der Waals surface area contributed by atoms with Gasteiger partial charge < -0.3 is 9.47 Å². The van der Waals surface area contributed by atoms with Gasteiger partial charge in [-0.15, -0.1) is 0 Å². The van der Waals surface area contributed by atoms with Crippen molar-refractivity contribution in [3.8, 4) is 0 Å². The molecule has 2 atom stereocenters. The van der Waals surface area contributed by atoms with Crippen molar-refractivity contribution in [2.75, 3.05) is 6.61 Å². The molecule has 0 saturated carbocycles.